The van der Waals surface area contributed by atoms with Gasteiger partial charge in [0.25, 0.3) is 5.91 Å². The fraction of sp³-hybridized carbons (Fsp3) is 0.368. The van der Waals surface area contributed by atoms with Crippen LogP contribution in [0.4, 0.5) is 5.82 Å². The molecule has 0 N–H and O–H groups in total. The van der Waals surface area contributed by atoms with E-state index in [1.165, 1.54) is 6.26 Å². The summed E-state index contributed by atoms with van der Waals surface area (Å²) in [6.45, 7) is 2.73. The number of carbonyl (C=O) groups excluding carboxylic acids is 1. The van der Waals surface area contributed by atoms with Gasteiger partial charge in [-0.25, -0.2) is 4.98 Å². The SMILES string of the molecule is O=C(c1ccco1)N1CCN(c2ccc(-c3noc(C4CC4)n3)cn2)CC1. The number of carbonyl (C=O) groups is 1. The van der Waals surface area contributed by atoms with Gasteiger partial charge < -0.3 is 18.7 Å². The first kappa shape index (κ1) is 16.0. The molecule has 1 aliphatic heterocycles. The number of anilines is 1. The van der Waals surface area contributed by atoms with E-state index < -0.39 is 0 Å². The highest BCUT2D eigenvalue weighted by Gasteiger charge is 2.30. The fourth-order valence-corrected chi connectivity index (χ4v) is 3.25. The lowest BCUT2D eigenvalue weighted by atomic mass is 10.2. The third-order valence-corrected chi connectivity index (χ3v) is 5.00. The average molecular weight is 365 g/mol. The van der Waals surface area contributed by atoms with E-state index in [0.717, 1.165) is 43.2 Å². The number of aromatic nitrogens is 3. The summed E-state index contributed by atoms with van der Waals surface area (Å²) in [7, 11) is 0. The molecule has 1 saturated heterocycles. The van der Waals surface area contributed by atoms with Crippen LogP contribution in [0.3, 0.4) is 0 Å². The van der Waals surface area contributed by atoms with Gasteiger partial charge in [0.05, 0.1) is 6.26 Å². The van der Waals surface area contributed by atoms with Crippen molar-refractivity contribution in [3.63, 3.8) is 0 Å². The molecule has 8 heteroatoms. The third kappa shape index (κ3) is 3.18. The van der Waals surface area contributed by atoms with Crippen LogP contribution in [-0.4, -0.2) is 52.1 Å². The zero-order chi connectivity index (χ0) is 18.2. The average Bonchev–Trinajstić information content (AvgIpc) is 3.22. The van der Waals surface area contributed by atoms with Crippen molar-refractivity contribution in [2.75, 3.05) is 31.1 Å². The predicted octanol–water partition coefficient (Wildman–Crippen LogP) is 2.56. The van der Waals surface area contributed by atoms with Crippen molar-refractivity contribution in [3.05, 3.63) is 48.4 Å². The molecule has 2 aliphatic rings. The largest absolute Gasteiger partial charge is 0.459 e. The van der Waals surface area contributed by atoms with Crippen LogP contribution in [0, 0.1) is 0 Å². The van der Waals surface area contributed by atoms with Crippen LogP contribution in [-0.2, 0) is 0 Å². The molecule has 3 aromatic rings. The molecule has 1 saturated carbocycles. The van der Waals surface area contributed by atoms with Gasteiger partial charge in [-0.3, -0.25) is 4.79 Å². The Morgan fingerprint density at radius 2 is 1.96 bits per heavy atom. The van der Waals surface area contributed by atoms with Crippen LogP contribution >= 0.6 is 0 Å². The molecule has 8 nitrogen and oxygen atoms in total. The summed E-state index contributed by atoms with van der Waals surface area (Å²) in [5, 5.41) is 4.05. The lowest BCUT2D eigenvalue weighted by molar-refractivity contribution is 0.0714. The Balaban J connectivity index is 1.22. The third-order valence-electron chi connectivity index (χ3n) is 5.00. The van der Waals surface area contributed by atoms with E-state index in [9.17, 15) is 4.79 Å². The Hall–Kier alpha value is -3.16. The van der Waals surface area contributed by atoms with Crippen LogP contribution in [0.1, 0.15) is 35.2 Å². The van der Waals surface area contributed by atoms with Crippen molar-refractivity contribution in [2.45, 2.75) is 18.8 Å². The number of rotatable bonds is 4. The van der Waals surface area contributed by atoms with Gasteiger partial charge >= 0.3 is 0 Å². The summed E-state index contributed by atoms with van der Waals surface area (Å²) in [5.74, 6) is 2.97. The number of amides is 1. The summed E-state index contributed by atoms with van der Waals surface area (Å²) < 4.78 is 10.5. The topological polar surface area (TPSA) is 88.5 Å². The van der Waals surface area contributed by atoms with Gasteiger partial charge in [-0.2, -0.15) is 4.98 Å². The normalized spacial score (nSPS) is 17.3. The molecule has 27 heavy (non-hydrogen) atoms. The standard InChI is InChI=1S/C19H19N5O3/c25-19(15-2-1-11-26-15)24-9-7-23(8-10-24)16-6-5-14(12-20-16)17-21-18(27-22-17)13-3-4-13/h1-2,5-6,11-13H,3-4,7-10H2. The molecular weight excluding hydrogens is 346 g/mol. The molecule has 5 rings (SSSR count). The number of nitrogens with zero attached hydrogens (tertiary/aromatic N) is 5. The first-order valence-corrected chi connectivity index (χ1v) is 9.16. The number of hydrogen-bond acceptors (Lipinski definition) is 7. The Bertz CT molecular complexity index is 923. The highest BCUT2D eigenvalue weighted by Crippen LogP contribution is 2.39. The minimum atomic E-state index is -0.0634. The molecule has 3 aromatic heterocycles. The second kappa shape index (κ2) is 6.53. The van der Waals surface area contributed by atoms with E-state index in [4.69, 9.17) is 8.94 Å². The number of hydrogen-bond donors (Lipinski definition) is 0. The summed E-state index contributed by atoms with van der Waals surface area (Å²) >= 11 is 0. The van der Waals surface area contributed by atoms with Crippen molar-refractivity contribution < 1.29 is 13.7 Å². The molecule has 0 aromatic carbocycles. The summed E-state index contributed by atoms with van der Waals surface area (Å²) in [6, 6.07) is 7.35. The van der Waals surface area contributed by atoms with E-state index >= 15 is 0 Å². The second-order valence-corrected chi connectivity index (χ2v) is 6.89. The highest BCUT2D eigenvalue weighted by atomic mass is 16.5. The summed E-state index contributed by atoms with van der Waals surface area (Å²) in [4.78, 5) is 25.3. The first-order chi connectivity index (χ1) is 13.3. The molecule has 0 bridgehead atoms. The summed E-state index contributed by atoms with van der Waals surface area (Å²) in [6.07, 6.45) is 5.56. The quantitative estimate of drug-likeness (QED) is 0.702. The van der Waals surface area contributed by atoms with E-state index in [0.29, 0.717) is 30.6 Å². The van der Waals surface area contributed by atoms with Crippen molar-refractivity contribution in [3.8, 4) is 11.4 Å². The Labute approximate surface area is 155 Å². The van der Waals surface area contributed by atoms with Crippen LogP contribution in [0.25, 0.3) is 11.4 Å². The second-order valence-electron chi connectivity index (χ2n) is 6.89. The highest BCUT2D eigenvalue weighted by molar-refractivity contribution is 5.91. The molecule has 0 atom stereocenters. The smallest absolute Gasteiger partial charge is 0.289 e. The van der Waals surface area contributed by atoms with E-state index in [1.54, 1.807) is 18.3 Å². The van der Waals surface area contributed by atoms with Gasteiger partial charge in [-0.15, -0.1) is 0 Å². The van der Waals surface area contributed by atoms with Crippen molar-refractivity contribution in [1.82, 2.24) is 20.0 Å². The van der Waals surface area contributed by atoms with E-state index in [1.807, 2.05) is 17.0 Å². The van der Waals surface area contributed by atoms with Crippen LogP contribution in [0.15, 0.2) is 45.7 Å². The zero-order valence-electron chi connectivity index (χ0n) is 14.7. The predicted molar refractivity (Wildman–Crippen MR) is 96.3 cm³/mol. The van der Waals surface area contributed by atoms with Crippen LogP contribution < -0.4 is 4.90 Å². The van der Waals surface area contributed by atoms with E-state index in [2.05, 4.69) is 20.0 Å². The molecule has 0 spiro atoms. The van der Waals surface area contributed by atoms with Gasteiger partial charge in [0, 0.05) is 43.9 Å². The van der Waals surface area contributed by atoms with Crippen molar-refractivity contribution in [1.29, 1.82) is 0 Å². The molecule has 138 valence electrons. The molecule has 0 unspecified atom stereocenters. The van der Waals surface area contributed by atoms with Crippen molar-refractivity contribution in [2.24, 2.45) is 0 Å². The molecule has 0 radical (unpaired) electrons. The Morgan fingerprint density at radius 3 is 2.63 bits per heavy atom. The zero-order valence-corrected chi connectivity index (χ0v) is 14.7. The maximum absolute atomic E-state index is 12.3. The molecule has 2 fully saturated rings. The maximum Gasteiger partial charge on any atom is 0.289 e. The maximum atomic E-state index is 12.3. The fourth-order valence-electron chi connectivity index (χ4n) is 3.25. The number of pyridine rings is 1. The molecule has 1 amide bonds. The molecule has 1 aliphatic carbocycles. The lowest BCUT2D eigenvalue weighted by Gasteiger charge is -2.35. The monoisotopic (exact) mass is 365 g/mol. The van der Waals surface area contributed by atoms with Gasteiger partial charge in [-0.1, -0.05) is 5.16 Å². The van der Waals surface area contributed by atoms with Gasteiger partial charge in [0.15, 0.2) is 5.76 Å². The first-order valence-electron chi connectivity index (χ1n) is 9.16. The van der Waals surface area contributed by atoms with Crippen molar-refractivity contribution >= 4 is 11.7 Å². The number of piperazine rings is 1. The van der Waals surface area contributed by atoms with Gasteiger partial charge in [0.2, 0.25) is 11.7 Å². The lowest BCUT2D eigenvalue weighted by Crippen LogP contribution is -2.49. The van der Waals surface area contributed by atoms with E-state index in [-0.39, 0.29) is 5.91 Å². The van der Waals surface area contributed by atoms with Crippen LogP contribution in [0.5, 0.6) is 0 Å². The summed E-state index contributed by atoms with van der Waals surface area (Å²) in [5.41, 5.74) is 0.848. The molecule has 4 heterocycles. The molecular formula is C19H19N5O3. The minimum absolute atomic E-state index is 0.0634. The Kier molecular flexibility index (Phi) is 3.88. The number of furan rings is 1. The van der Waals surface area contributed by atoms with Gasteiger partial charge in [0.1, 0.15) is 5.82 Å². The minimum Gasteiger partial charge on any atom is -0.459 e. The Morgan fingerprint density at radius 1 is 1.11 bits per heavy atom. The van der Waals surface area contributed by atoms with Crippen LogP contribution in [0.2, 0.25) is 0 Å². The van der Waals surface area contributed by atoms with Gasteiger partial charge in [-0.05, 0) is 37.1 Å².